The Hall–Kier alpha value is -5.52. The number of hydrogen-bond acceptors (Lipinski definition) is 12. The van der Waals surface area contributed by atoms with E-state index in [2.05, 4.69) is 30.6 Å². The maximum Gasteiger partial charge on any atom is 0.283 e. The molecule has 36 heavy (non-hydrogen) atoms. The van der Waals surface area contributed by atoms with Crippen LogP contribution in [-0.2, 0) is 0 Å². The lowest BCUT2D eigenvalue weighted by Gasteiger charge is -2.03. The fourth-order valence-electron chi connectivity index (χ4n) is 3.52. The molecule has 7 rings (SSSR count). The molecule has 7 aromatic rings. The van der Waals surface area contributed by atoms with Crippen LogP contribution in [-0.4, -0.2) is 30.6 Å². The van der Waals surface area contributed by atoms with Gasteiger partial charge in [-0.1, -0.05) is 0 Å². The first-order chi connectivity index (χ1) is 17.8. The van der Waals surface area contributed by atoms with E-state index >= 15 is 0 Å². The van der Waals surface area contributed by atoms with Crippen molar-refractivity contribution in [2.24, 2.45) is 0 Å². The highest BCUT2D eigenvalue weighted by atomic mass is 16.4. The number of nitrogens with zero attached hydrogens (tertiary/aromatic N) is 6. The molecule has 0 aliphatic heterocycles. The van der Waals surface area contributed by atoms with Gasteiger partial charge in [-0.05, 0) is 54.6 Å². The van der Waals surface area contributed by atoms with E-state index in [-0.39, 0.29) is 35.3 Å². The van der Waals surface area contributed by atoms with Crippen molar-refractivity contribution in [3.05, 3.63) is 73.4 Å². The summed E-state index contributed by atoms with van der Waals surface area (Å²) in [5.41, 5.74) is 1.68. The molecule has 0 aliphatic rings. The monoisotopic (exact) mass is 480 g/mol. The van der Waals surface area contributed by atoms with Crippen LogP contribution in [0, 0.1) is 0 Å². The molecule has 0 aliphatic carbocycles. The summed E-state index contributed by atoms with van der Waals surface area (Å²) in [4.78, 5) is 0. The molecule has 0 radical (unpaired) electrons. The van der Waals surface area contributed by atoms with Gasteiger partial charge in [0.15, 0.2) is 17.3 Å². The molecule has 0 amide bonds. The Labute approximate surface area is 200 Å². The highest BCUT2D eigenvalue weighted by Gasteiger charge is 2.20. The highest BCUT2D eigenvalue weighted by molar-refractivity contribution is 5.74. The zero-order valence-corrected chi connectivity index (χ0v) is 18.1. The Morgan fingerprint density at radius 1 is 0.389 bits per heavy atom. The molecule has 0 N–H and O–H groups in total. The van der Waals surface area contributed by atoms with Gasteiger partial charge in [-0.2, -0.15) is 0 Å². The molecule has 1 aromatic carbocycles. The maximum atomic E-state index is 5.84. The first-order valence-corrected chi connectivity index (χ1v) is 10.6. The molecule has 0 spiro atoms. The maximum absolute atomic E-state index is 5.84. The smallest absolute Gasteiger partial charge is 0.283 e. The Morgan fingerprint density at radius 2 is 0.694 bits per heavy atom. The first kappa shape index (κ1) is 19.9. The van der Waals surface area contributed by atoms with E-state index in [1.165, 1.54) is 18.8 Å². The predicted octanol–water partition coefficient (Wildman–Crippen LogP) is 5.62. The molecule has 174 valence electrons. The third-order valence-electron chi connectivity index (χ3n) is 5.14. The van der Waals surface area contributed by atoms with E-state index in [4.69, 9.17) is 26.5 Å². The molecule has 0 unspecified atom stereocenters. The normalized spacial score (nSPS) is 11.3. The quantitative estimate of drug-likeness (QED) is 0.290. The molecular formula is C24H12N6O6. The largest absolute Gasteiger partial charge is 0.459 e. The first-order valence-electron chi connectivity index (χ1n) is 10.6. The van der Waals surface area contributed by atoms with E-state index in [1.54, 1.807) is 54.6 Å². The zero-order valence-electron chi connectivity index (χ0n) is 18.1. The highest BCUT2D eigenvalue weighted by Crippen LogP contribution is 2.34. The lowest BCUT2D eigenvalue weighted by atomic mass is 10.1. The van der Waals surface area contributed by atoms with E-state index in [9.17, 15) is 0 Å². The predicted molar refractivity (Wildman–Crippen MR) is 119 cm³/mol. The SMILES string of the molecule is c1coc(-c2nnc(-c3cc(-c4nnc(-c5ccco5)o4)cc(-c4nnc(-c5ccco5)o4)c3)o2)c1. The van der Waals surface area contributed by atoms with Crippen LogP contribution in [0.4, 0.5) is 0 Å². The summed E-state index contributed by atoms with van der Waals surface area (Å²) in [6, 6.07) is 15.7. The zero-order chi connectivity index (χ0) is 23.9. The Morgan fingerprint density at radius 3 is 0.972 bits per heavy atom. The van der Waals surface area contributed by atoms with Crippen molar-refractivity contribution in [3.8, 4) is 69.3 Å². The topological polar surface area (TPSA) is 156 Å². The fourth-order valence-corrected chi connectivity index (χ4v) is 3.52. The molecule has 0 atom stereocenters. The lowest BCUT2D eigenvalue weighted by molar-refractivity contribution is 0.521. The van der Waals surface area contributed by atoms with Gasteiger partial charge >= 0.3 is 0 Å². The number of benzene rings is 1. The second kappa shape index (κ2) is 8.06. The number of rotatable bonds is 6. The summed E-state index contributed by atoms with van der Waals surface area (Å²) in [5, 5.41) is 24.7. The second-order valence-electron chi connectivity index (χ2n) is 7.47. The summed E-state index contributed by atoms with van der Waals surface area (Å²) >= 11 is 0. The van der Waals surface area contributed by atoms with Crippen LogP contribution in [0.2, 0.25) is 0 Å². The molecule has 6 aromatic heterocycles. The van der Waals surface area contributed by atoms with Crippen LogP contribution in [0.5, 0.6) is 0 Å². The van der Waals surface area contributed by atoms with Gasteiger partial charge in [0.05, 0.1) is 18.8 Å². The minimum absolute atomic E-state index is 0.234. The third-order valence-corrected chi connectivity index (χ3v) is 5.14. The Kier molecular flexibility index (Phi) is 4.45. The minimum Gasteiger partial charge on any atom is -0.459 e. The number of hydrogen-bond donors (Lipinski definition) is 0. The summed E-state index contributed by atoms with van der Waals surface area (Å²) in [5.74, 6) is 2.76. The molecule has 0 saturated carbocycles. The van der Waals surface area contributed by atoms with Crippen LogP contribution in [0.1, 0.15) is 0 Å². The van der Waals surface area contributed by atoms with Gasteiger partial charge in [0.1, 0.15) is 0 Å². The third kappa shape index (κ3) is 3.49. The van der Waals surface area contributed by atoms with Crippen molar-refractivity contribution >= 4 is 0 Å². The fraction of sp³-hybridized carbons (Fsp3) is 0. The molecule has 0 saturated heterocycles. The van der Waals surface area contributed by atoms with Crippen molar-refractivity contribution in [2.45, 2.75) is 0 Å². The molecule has 12 nitrogen and oxygen atoms in total. The summed E-state index contributed by atoms with van der Waals surface area (Å²) in [7, 11) is 0. The van der Waals surface area contributed by atoms with Gasteiger partial charge in [-0.3, -0.25) is 0 Å². The minimum atomic E-state index is 0.234. The molecular weight excluding hydrogens is 468 g/mol. The molecule has 0 bridgehead atoms. The summed E-state index contributed by atoms with van der Waals surface area (Å²) in [6.45, 7) is 0. The van der Waals surface area contributed by atoms with Gasteiger partial charge < -0.3 is 26.5 Å². The number of furan rings is 3. The van der Waals surface area contributed by atoms with Gasteiger partial charge in [-0.25, -0.2) is 0 Å². The second-order valence-corrected chi connectivity index (χ2v) is 7.47. The van der Waals surface area contributed by atoms with E-state index in [0.29, 0.717) is 34.0 Å². The van der Waals surface area contributed by atoms with Gasteiger partial charge in [0.25, 0.3) is 17.7 Å². The average Bonchev–Trinajstić information content (AvgIpc) is 3.77. The van der Waals surface area contributed by atoms with E-state index in [1.807, 2.05) is 0 Å². The molecule has 0 fully saturated rings. The summed E-state index contributed by atoms with van der Waals surface area (Å²) in [6.07, 6.45) is 4.57. The van der Waals surface area contributed by atoms with Crippen LogP contribution < -0.4 is 0 Å². The van der Waals surface area contributed by atoms with Gasteiger partial charge in [0.2, 0.25) is 17.7 Å². The van der Waals surface area contributed by atoms with Crippen LogP contribution in [0.3, 0.4) is 0 Å². The van der Waals surface area contributed by atoms with Crippen molar-refractivity contribution in [3.63, 3.8) is 0 Å². The lowest BCUT2D eigenvalue weighted by Crippen LogP contribution is -1.87. The van der Waals surface area contributed by atoms with E-state index in [0.717, 1.165) is 0 Å². The van der Waals surface area contributed by atoms with E-state index < -0.39 is 0 Å². The average molecular weight is 480 g/mol. The van der Waals surface area contributed by atoms with Gasteiger partial charge in [0, 0.05) is 16.7 Å². The van der Waals surface area contributed by atoms with Crippen molar-refractivity contribution in [1.82, 2.24) is 30.6 Å². The van der Waals surface area contributed by atoms with Crippen molar-refractivity contribution in [1.29, 1.82) is 0 Å². The Balaban J connectivity index is 1.34. The molecule has 6 heterocycles. The van der Waals surface area contributed by atoms with Crippen LogP contribution >= 0.6 is 0 Å². The van der Waals surface area contributed by atoms with Crippen molar-refractivity contribution in [2.75, 3.05) is 0 Å². The van der Waals surface area contributed by atoms with Crippen molar-refractivity contribution < 1.29 is 26.5 Å². The van der Waals surface area contributed by atoms with Gasteiger partial charge in [-0.15, -0.1) is 30.6 Å². The standard InChI is InChI=1S/C24H12N6O6/c1-4-16(31-7-1)22-28-25-19(34-22)13-10-14(20-26-29-23(35-20)17-5-2-8-32-17)12-15(11-13)21-27-30-24(36-21)18-6-3-9-33-18/h1-12H. The van der Waals surface area contributed by atoms with Crippen LogP contribution in [0.15, 0.2) is 99.9 Å². The summed E-state index contributed by atoms with van der Waals surface area (Å²) < 4.78 is 33.6. The van der Waals surface area contributed by atoms with Crippen LogP contribution in [0.25, 0.3) is 69.3 Å². The number of aromatic nitrogens is 6. The Bertz CT molecular complexity index is 1520. The molecule has 12 heteroatoms.